The number of carbonyl (C=O) groups is 3. The second-order valence-electron chi connectivity index (χ2n) is 4.78. The largest absolute Gasteiger partial charge is 0.481 e. The fourth-order valence-corrected chi connectivity index (χ4v) is 1.89. The molecule has 20 heavy (non-hydrogen) atoms. The molecule has 0 spiro atoms. The van der Waals surface area contributed by atoms with Crippen molar-refractivity contribution in [1.29, 1.82) is 0 Å². The lowest BCUT2D eigenvalue weighted by Gasteiger charge is -2.18. The zero-order chi connectivity index (χ0) is 15.0. The summed E-state index contributed by atoms with van der Waals surface area (Å²) >= 11 is 0. The number of hydrogen-bond acceptors (Lipinski definition) is 4. The third-order valence-corrected chi connectivity index (χ3v) is 3.07. The first-order valence-electron chi connectivity index (χ1n) is 6.84. The van der Waals surface area contributed by atoms with Gasteiger partial charge in [-0.05, 0) is 12.8 Å². The van der Waals surface area contributed by atoms with Crippen molar-refractivity contribution in [3.8, 4) is 0 Å². The summed E-state index contributed by atoms with van der Waals surface area (Å²) in [5.41, 5.74) is 0.387. The van der Waals surface area contributed by atoms with Crippen LogP contribution in [0.2, 0.25) is 0 Å². The van der Waals surface area contributed by atoms with Gasteiger partial charge in [-0.15, -0.1) is 0 Å². The topological polar surface area (TPSA) is 99.1 Å². The van der Waals surface area contributed by atoms with Gasteiger partial charge in [0.2, 0.25) is 5.91 Å². The van der Waals surface area contributed by atoms with E-state index in [1.165, 1.54) is 12.1 Å². The van der Waals surface area contributed by atoms with Crippen molar-refractivity contribution < 1.29 is 19.5 Å². The van der Waals surface area contributed by atoms with E-state index in [0.29, 0.717) is 31.5 Å². The van der Waals surface area contributed by atoms with Gasteiger partial charge in [0.05, 0.1) is 0 Å². The minimum absolute atomic E-state index is 0.0834. The van der Waals surface area contributed by atoms with Crippen molar-refractivity contribution in [2.45, 2.75) is 44.9 Å². The number of carboxylic acid groups (broad SMARTS) is 1. The number of unbranched alkanes of at least 4 members (excludes halogenated alkanes) is 3. The Morgan fingerprint density at radius 1 is 1.25 bits per heavy atom. The van der Waals surface area contributed by atoms with Crippen molar-refractivity contribution in [2.24, 2.45) is 5.10 Å². The molecule has 0 radical (unpaired) electrons. The molecular weight excluding hydrogens is 262 g/mol. The predicted octanol–water partition coefficient (Wildman–Crippen LogP) is 0.746. The van der Waals surface area contributed by atoms with Crippen molar-refractivity contribution in [2.75, 3.05) is 13.6 Å². The van der Waals surface area contributed by atoms with E-state index >= 15 is 0 Å². The van der Waals surface area contributed by atoms with Gasteiger partial charge in [-0.25, -0.2) is 5.01 Å². The first kappa shape index (κ1) is 16.1. The summed E-state index contributed by atoms with van der Waals surface area (Å²) in [7, 11) is 1.54. The minimum Gasteiger partial charge on any atom is -0.481 e. The summed E-state index contributed by atoms with van der Waals surface area (Å²) in [6.07, 6.45) is 4.12. The smallest absolute Gasteiger partial charge is 0.303 e. The fourth-order valence-electron chi connectivity index (χ4n) is 1.89. The number of hydrazone groups is 1. The van der Waals surface area contributed by atoms with E-state index < -0.39 is 5.97 Å². The zero-order valence-electron chi connectivity index (χ0n) is 11.7. The van der Waals surface area contributed by atoms with Gasteiger partial charge in [0.1, 0.15) is 5.71 Å². The third-order valence-electron chi connectivity index (χ3n) is 3.07. The molecule has 0 atom stereocenters. The van der Waals surface area contributed by atoms with E-state index in [1.54, 1.807) is 0 Å². The number of amides is 2. The number of nitrogens with zero attached hydrogens (tertiary/aromatic N) is 2. The molecule has 0 bridgehead atoms. The Hall–Kier alpha value is -1.92. The quantitative estimate of drug-likeness (QED) is 0.642. The van der Waals surface area contributed by atoms with Crippen LogP contribution in [0, 0.1) is 0 Å². The van der Waals surface area contributed by atoms with Crippen LogP contribution in [-0.2, 0) is 14.4 Å². The maximum Gasteiger partial charge on any atom is 0.303 e. The van der Waals surface area contributed by atoms with E-state index in [-0.39, 0.29) is 18.2 Å². The maximum atomic E-state index is 11.8. The van der Waals surface area contributed by atoms with Crippen LogP contribution < -0.4 is 5.32 Å². The highest BCUT2D eigenvalue weighted by atomic mass is 16.4. The molecule has 1 aliphatic rings. The highest BCUT2D eigenvalue weighted by Crippen LogP contribution is 2.07. The summed E-state index contributed by atoms with van der Waals surface area (Å²) in [6.45, 7) is 0.544. The van der Waals surface area contributed by atoms with Crippen molar-refractivity contribution in [3.05, 3.63) is 0 Å². The summed E-state index contributed by atoms with van der Waals surface area (Å²) in [5, 5.41) is 16.4. The lowest BCUT2D eigenvalue weighted by atomic mass is 10.1. The van der Waals surface area contributed by atoms with Crippen molar-refractivity contribution >= 4 is 23.5 Å². The van der Waals surface area contributed by atoms with Crippen molar-refractivity contribution in [3.63, 3.8) is 0 Å². The Morgan fingerprint density at radius 3 is 2.60 bits per heavy atom. The van der Waals surface area contributed by atoms with E-state index in [4.69, 9.17) is 5.11 Å². The second kappa shape index (κ2) is 8.29. The average Bonchev–Trinajstić information content (AvgIpc) is 2.40. The first-order chi connectivity index (χ1) is 9.50. The fraction of sp³-hybridized carbons (Fsp3) is 0.692. The molecule has 2 N–H and O–H groups in total. The molecule has 0 saturated carbocycles. The van der Waals surface area contributed by atoms with Crippen LogP contribution in [0.4, 0.5) is 0 Å². The molecule has 1 aliphatic heterocycles. The molecule has 2 amide bonds. The molecule has 0 aromatic rings. The summed E-state index contributed by atoms with van der Waals surface area (Å²) in [5.74, 6) is -1.08. The SMILES string of the molecule is CN1N=C(C(=O)NCCCCCCC(=O)O)CCC1=O. The van der Waals surface area contributed by atoms with E-state index in [2.05, 4.69) is 10.4 Å². The molecule has 7 nitrogen and oxygen atoms in total. The Labute approximate surface area is 118 Å². The normalized spacial score (nSPS) is 14.9. The number of rotatable bonds is 8. The van der Waals surface area contributed by atoms with E-state index in [1.807, 2.05) is 0 Å². The maximum absolute atomic E-state index is 11.8. The number of aliphatic carboxylic acids is 1. The Kier molecular flexibility index (Phi) is 6.69. The highest BCUT2D eigenvalue weighted by molar-refractivity contribution is 6.39. The lowest BCUT2D eigenvalue weighted by Crippen LogP contribution is -2.37. The van der Waals surface area contributed by atoms with Gasteiger partial charge in [0.25, 0.3) is 5.91 Å². The molecule has 0 unspecified atom stereocenters. The summed E-state index contributed by atoms with van der Waals surface area (Å²) < 4.78 is 0. The van der Waals surface area contributed by atoms with Gasteiger partial charge in [-0.3, -0.25) is 14.4 Å². The Balaban J connectivity index is 2.13. The molecule has 0 fully saturated rings. The Bertz CT molecular complexity index is 406. The Morgan fingerprint density at radius 2 is 1.95 bits per heavy atom. The van der Waals surface area contributed by atoms with Crippen LogP contribution >= 0.6 is 0 Å². The summed E-state index contributed by atoms with van der Waals surface area (Å²) in [4.78, 5) is 33.3. The molecule has 0 aromatic carbocycles. The van der Waals surface area contributed by atoms with Gasteiger partial charge < -0.3 is 10.4 Å². The second-order valence-corrected chi connectivity index (χ2v) is 4.78. The third kappa shape index (κ3) is 5.81. The van der Waals surface area contributed by atoms with Gasteiger partial charge in [-0.2, -0.15) is 5.10 Å². The van der Waals surface area contributed by atoms with Crippen LogP contribution in [-0.4, -0.2) is 47.2 Å². The minimum atomic E-state index is -0.771. The van der Waals surface area contributed by atoms with Crippen LogP contribution in [0.5, 0.6) is 0 Å². The van der Waals surface area contributed by atoms with E-state index in [9.17, 15) is 14.4 Å². The molecule has 1 rings (SSSR count). The van der Waals surface area contributed by atoms with Crippen LogP contribution in [0.3, 0.4) is 0 Å². The molecule has 0 aromatic heterocycles. The van der Waals surface area contributed by atoms with Gasteiger partial charge in [-0.1, -0.05) is 12.8 Å². The monoisotopic (exact) mass is 283 g/mol. The van der Waals surface area contributed by atoms with Gasteiger partial charge >= 0.3 is 5.97 Å². The molecular formula is C13H21N3O4. The molecule has 0 saturated heterocycles. The van der Waals surface area contributed by atoms with Gasteiger partial charge in [0.15, 0.2) is 0 Å². The number of carboxylic acids is 1. The van der Waals surface area contributed by atoms with Crippen molar-refractivity contribution in [1.82, 2.24) is 10.3 Å². The van der Waals surface area contributed by atoms with Crippen LogP contribution in [0.15, 0.2) is 5.10 Å². The molecule has 1 heterocycles. The summed E-state index contributed by atoms with van der Waals surface area (Å²) in [6, 6.07) is 0. The standard InChI is InChI=1S/C13H21N3O4/c1-16-11(17)8-7-10(15-16)13(20)14-9-5-3-2-4-6-12(18)19/h2-9H2,1H3,(H,14,20)(H,18,19). The van der Waals surface area contributed by atoms with Gasteiger partial charge in [0, 0.05) is 32.9 Å². The van der Waals surface area contributed by atoms with Crippen LogP contribution in [0.1, 0.15) is 44.9 Å². The molecule has 112 valence electrons. The first-order valence-corrected chi connectivity index (χ1v) is 6.84. The van der Waals surface area contributed by atoms with Crippen LogP contribution in [0.25, 0.3) is 0 Å². The number of hydrogen-bond donors (Lipinski definition) is 2. The predicted molar refractivity (Wildman–Crippen MR) is 73.2 cm³/mol. The average molecular weight is 283 g/mol. The number of nitrogens with one attached hydrogen (secondary N) is 1. The lowest BCUT2D eigenvalue weighted by molar-refractivity contribution is -0.137. The highest BCUT2D eigenvalue weighted by Gasteiger charge is 2.21. The number of carbonyl (C=O) groups excluding carboxylic acids is 2. The van der Waals surface area contributed by atoms with E-state index in [0.717, 1.165) is 19.3 Å². The molecule has 0 aliphatic carbocycles. The molecule has 7 heteroatoms. The zero-order valence-corrected chi connectivity index (χ0v) is 11.7.